The maximum Gasteiger partial charge on any atom is 0.240 e. The number of carbonyl (C=O) groups is 1. The first-order valence-corrected chi connectivity index (χ1v) is 9.69. The Kier molecular flexibility index (Phi) is 6.24. The van der Waals surface area contributed by atoms with Gasteiger partial charge in [0.15, 0.2) is 0 Å². The first-order valence-electron chi connectivity index (χ1n) is 8.70. The van der Waals surface area contributed by atoms with Crippen molar-refractivity contribution in [3.8, 4) is 11.5 Å². The van der Waals surface area contributed by atoms with E-state index in [1.165, 1.54) is 0 Å². The zero-order chi connectivity index (χ0) is 19.2. The standard InChI is InChI=1S/C20H23N3O3S/c1-4-27-20-16-8-10-23(17(16)7-9-21-20)13-19(24)22-12-14-11-15(25-2)5-6-18(14)26-3/h5-11H,4,12-13H2,1-3H3,(H,22,24). The van der Waals surface area contributed by atoms with Crippen LogP contribution in [-0.2, 0) is 17.9 Å². The predicted molar refractivity (Wildman–Crippen MR) is 108 cm³/mol. The number of rotatable bonds is 8. The fraction of sp³-hybridized carbons (Fsp3) is 0.300. The van der Waals surface area contributed by atoms with Gasteiger partial charge in [0.2, 0.25) is 5.91 Å². The van der Waals surface area contributed by atoms with Crippen LogP contribution in [-0.4, -0.2) is 35.4 Å². The number of fused-ring (bicyclic) bond motifs is 1. The van der Waals surface area contributed by atoms with Gasteiger partial charge in [0, 0.05) is 29.9 Å². The SMILES string of the molecule is CCSc1nccc2c1ccn2CC(=O)NCc1cc(OC)ccc1OC. The molecule has 0 saturated heterocycles. The van der Waals surface area contributed by atoms with Crippen molar-refractivity contribution in [2.75, 3.05) is 20.0 Å². The third kappa shape index (κ3) is 4.36. The van der Waals surface area contributed by atoms with E-state index in [0.717, 1.165) is 38.7 Å². The van der Waals surface area contributed by atoms with Crippen molar-refractivity contribution in [3.63, 3.8) is 0 Å². The lowest BCUT2D eigenvalue weighted by atomic mass is 10.2. The summed E-state index contributed by atoms with van der Waals surface area (Å²) in [7, 11) is 3.22. The summed E-state index contributed by atoms with van der Waals surface area (Å²) in [5, 5.41) is 5.02. The maximum atomic E-state index is 12.5. The second-order valence-electron chi connectivity index (χ2n) is 5.88. The van der Waals surface area contributed by atoms with E-state index in [4.69, 9.17) is 9.47 Å². The maximum absolute atomic E-state index is 12.5. The van der Waals surface area contributed by atoms with Crippen molar-refractivity contribution in [1.29, 1.82) is 0 Å². The first-order chi connectivity index (χ1) is 13.2. The number of thioether (sulfide) groups is 1. The fourth-order valence-electron chi connectivity index (χ4n) is 2.91. The zero-order valence-electron chi connectivity index (χ0n) is 15.7. The molecule has 0 aliphatic carbocycles. The van der Waals surface area contributed by atoms with Gasteiger partial charge in [-0.15, -0.1) is 11.8 Å². The molecule has 1 N–H and O–H groups in total. The minimum absolute atomic E-state index is 0.0705. The predicted octanol–water partition coefficient (Wildman–Crippen LogP) is 3.48. The summed E-state index contributed by atoms with van der Waals surface area (Å²) in [5.74, 6) is 2.33. The lowest BCUT2D eigenvalue weighted by Crippen LogP contribution is -2.27. The third-order valence-corrected chi connectivity index (χ3v) is 5.11. The van der Waals surface area contributed by atoms with E-state index in [9.17, 15) is 4.79 Å². The van der Waals surface area contributed by atoms with Crippen LogP contribution in [0.15, 0.2) is 47.8 Å². The molecule has 3 aromatic rings. The molecule has 2 heterocycles. The summed E-state index contributed by atoms with van der Waals surface area (Å²) in [6.45, 7) is 2.72. The van der Waals surface area contributed by atoms with Crippen LogP contribution in [0.25, 0.3) is 10.9 Å². The summed E-state index contributed by atoms with van der Waals surface area (Å²) in [6.07, 6.45) is 3.72. The highest BCUT2D eigenvalue weighted by Gasteiger charge is 2.11. The molecule has 0 unspecified atom stereocenters. The molecule has 3 rings (SSSR count). The van der Waals surface area contributed by atoms with Gasteiger partial charge < -0.3 is 19.4 Å². The van der Waals surface area contributed by atoms with Gasteiger partial charge in [-0.05, 0) is 36.1 Å². The molecular formula is C20H23N3O3S. The van der Waals surface area contributed by atoms with Gasteiger partial charge in [-0.25, -0.2) is 4.98 Å². The average Bonchev–Trinajstić information content (AvgIpc) is 3.10. The smallest absolute Gasteiger partial charge is 0.240 e. The number of amides is 1. The minimum Gasteiger partial charge on any atom is -0.497 e. The topological polar surface area (TPSA) is 65.4 Å². The number of methoxy groups -OCH3 is 2. The van der Waals surface area contributed by atoms with Crippen LogP contribution in [0.3, 0.4) is 0 Å². The van der Waals surface area contributed by atoms with Crippen LogP contribution in [0.4, 0.5) is 0 Å². The lowest BCUT2D eigenvalue weighted by molar-refractivity contribution is -0.121. The molecule has 7 heteroatoms. The molecular weight excluding hydrogens is 362 g/mol. The molecule has 1 aromatic carbocycles. The largest absolute Gasteiger partial charge is 0.497 e. The molecule has 27 heavy (non-hydrogen) atoms. The van der Waals surface area contributed by atoms with Gasteiger partial charge in [0.05, 0.1) is 19.7 Å². The molecule has 142 valence electrons. The minimum atomic E-state index is -0.0705. The Labute approximate surface area is 162 Å². The number of pyridine rings is 1. The zero-order valence-corrected chi connectivity index (χ0v) is 16.5. The van der Waals surface area contributed by atoms with Crippen molar-refractivity contribution in [1.82, 2.24) is 14.9 Å². The van der Waals surface area contributed by atoms with E-state index in [-0.39, 0.29) is 12.5 Å². The number of nitrogens with one attached hydrogen (secondary N) is 1. The highest BCUT2D eigenvalue weighted by Crippen LogP contribution is 2.26. The van der Waals surface area contributed by atoms with Crippen molar-refractivity contribution in [2.45, 2.75) is 25.0 Å². The van der Waals surface area contributed by atoms with E-state index in [1.807, 2.05) is 41.1 Å². The number of aromatic nitrogens is 2. The molecule has 0 aliphatic rings. The van der Waals surface area contributed by atoms with Crippen LogP contribution < -0.4 is 14.8 Å². The Morgan fingerprint density at radius 2 is 2.07 bits per heavy atom. The number of ether oxygens (including phenoxy) is 2. The van der Waals surface area contributed by atoms with E-state index < -0.39 is 0 Å². The van der Waals surface area contributed by atoms with Gasteiger partial charge in [0.25, 0.3) is 0 Å². The number of hydrogen-bond donors (Lipinski definition) is 1. The molecule has 0 aliphatic heterocycles. The van der Waals surface area contributed by atoms with E-state index in [2.05, 4.69) is 17.2 Å². The average molecular weight is 385 g/mol. The summed E-state index contributed by atoms with van der Waals surface area (Å²) < 4.78 is 12.5. The summed E-state index contributed by atoms with van der Waals surface area (Å²) >= 11 is 1.70. The Morgan fingerprint density at radius 3 is 2.81 bits per heavy atom. The number of hydrogen-bond acceptors (Lipinski definition) is 5. The van der Waals surface area contributed by atoms with E-state index in [0.29, 0.717) is 6.54 Å². The Bertz CT molecular complexity index is 939. The van der Waals surface area contributed by atoms with E-state index >= 15 is 0 Å². The van der Waals surface area contributed by atoms with Gasteiger partial charge in [-0.2, -0.15) is 0 Å². The van der Waals surface area contributed by atoms with Crippen LogP contribution in [0.2, 0.25) is 0 Å². The van der Waals surface area contributed by atoms with Crippen molar-refractivity contribution in [2.24, 2.45) is 0 Å². The van der Waals surface area contributed by atoms with Crippen LogP contribution in [0, 0.1) is 0 Å². The number of carbonyl (C=O) groups excluding carboxylic acids is 1. The molecule has 0 saturated carbocycles. The molecule has 0 spiro atoms. The Morgan fingerprint density at radius 1 is 1.22 bits per heavy atom. The van der Waals surface area contributed by atoms with Crippen LogP contribution >= 0.6 is 11.8 Å². The molecule has 6 nitrogen and oxygen atoms in total. The Balaban J connectivity index is 1.70. The first kappa shape index (κ1) is 19.1. The second-order valence-corrected chi connectivity index (χ2v) is 7.13. The molecule has 0 fully saturated rings. The lowest BCUT2D eigenvalue weighted by Gasteiger charge is -2.12. The van der Waals surface area contributed by atoms with Crippen molar-refractivity contribution in [3.05, 3.63) is 48.3 Å². The fourth-order valence-corrected chi connectivity index (χ4v) is 3.65. The molecule has 0 atom stereocenters. The number of benzene rings is 1. The molecule has 0 bridgehead atoms. The van der Waals surface area contributed by atoms with Gasteiger partial charge in [-0.1, -0.05) is 6.92 Å². The van der Waals surface area contributed by atoms with Gasteiger partial charge in [0.1, 0.15) is 23.1 Å². The van der Waals surface area contributed by atoms with Gasteiger partial charge in [-0.3, -0.25) is 4.79 Å². The quantitative estimate of drug-likeness (QED) is 0.602. The van der Waals surface area contributed by atoms with E-state index in [1.54, 1.807) is 32.2 Å². The molecule has 0 radical (unpaired) electrons. The third-order valence-electron chi connectivity index (χ3n) is 4.22. The molecule has 2 aromatic heterocycles. The van der Waals surface area contributed by atoms with Crippen molar-refractivity contribution >= 4 is 28.6 Å². The van der Waals surface area contributed by atoms with Crippen molar-refractivity contribution < 1.29 is 14.3 Å². The monoisotopic (exact) mass is 385 g/mol. The highest BCUT2D eigenvalue weighted by atomic mass is 32.2. The highest BCUT2D eigenvalue weighted by molar-refractivity contribution is 7.99. The second kappa shape index (κ2) is 8.81. The van der Waals surface area contributed by atoms with Gasteiger partial charge >= 0.3 is 0 Å². The van der Waals surface area contributed by atoms with Crippen LogP contribution in [0.1, 0.15) is 12.5 Å². The summed E-state index contributed by atoms with van der Waals surface area (Å²) in [6, 6.07) is 9.48. The van der Waals surface area contributed by atoms with Crippen LogP contribution in [0.5, 0.6) is 11.5 Å². The summed E-state index contributed by atoms with van der Waals surface area (Å²) in [5.41, 5.74) is 1.88. The summed E-state index contributed by atoms with van der Waals surface area (Å²) in [4.78, 5) is 16.9. The molecule has 1 amide bonds. The Hall–Kier alpha value is -2.67. The normalized spacial score (nSPS) is 10.8. The number of nitrogens with zero attached hydrogens (tertiary/aromatic N) is 2.